The van der Waals surface area contributed by atoms with Crippen molar-refractivity contribution < 1.29 is 14.3 Å². The van der Waals surface area contributed by atoms with E-state index in [1.54, 1.807) is 0 Å². The number of alkyl halides is 1. The van der Waals surface area contributed by atoms with E-state index in [1.165, 1.54) is 6.42 Å². The molecule has 1 heterocycles. The van der Waals surface area contributed by atoms with Gasteiger partial charge in [-0.15, -0.1) is 11.6 Å². The standard InChI is InChI=1S/C13H24ClNO3/c14-7-11-17-9-3-8-15-13(16)6-5-12-4-1-2-10-18-12/h12H,1-11H2,(H,15,16). The Hall–Kier alpha value is -0.320. The summed E-state index contributed by atoms with van der Waals surface area (Å²) in [4.78, 5) is 11.5. The molecule has 0 bridgehead atoms. The van der Waals surface area contributed by atoms with Gasteiger partial charge in [0.05, 0.1) is 12.7 Å². The Labute approximate surface area is 114 Å². The molecule has 1 aliphatic heterocycles. The minimum atomic E-state index is 0.113. The van der Waals surface area contributed by atoms with Crippen molar-refractivity contribution in [3.8, 4) is 0 Å². The molecule has 0 aromatic rings. The molecule has 0 aromatic carbocycles. The van der Waals surface area contributed by atoms with Crippen LogP contribution >= 0.6 is 11.6 Å². The van der Waals surface area contributed by atoms with Crippen LogP contribution in [0.2, 0.25) is 0 Å². The Morgan fingerprint density at radius 2 is 2.28 bits per heavy atom. The fourth-order valence-electron chi connectivity index (χ4n) is 1.97. The fourth-order valence-corrected chi connectivity index (χ4v) is 2.08. The molecule has 4 nitrogen and oxygen atoms in total. The first-order valence-electron chi connectivity index (χ1n) is 6.85. The van der Waals surface area contributed by atoms with Crippen molar-refractivity contribution in [1.82, 2.24) is 5.32 Å². The van der Waals surface area contributed by atoms with E-state index < -0.39 is 0 Å². The molecule has 1 saturated heterocycles. The van der Waals surface area contributed by atoms with Gasteiger partial charge in [-0.2, -0.15) is 0 Å². The molecule has 1 rings (SSSR count). The second kappa shape index (κ2) is 10.6. The lowest BCUT2D eigenvalue weighted by Gasteiger charge is -2.22. The molecule has 1 fully saturated rings. The number of carbonyl (C=O) groups is 1. The zero-order chi connectivity index (χ0) is 13.1. The Bertz CT molecular complexity index is 220. The Morgan fingerprint density at radius 3 is 3.00 bits per heavy atom. The largest absolute Gasteiger partial charge is 0.380 e. The predicted octanol–water partition coefficient (Wildman–Crippen LogP) is 2.10. The van der Waals surface area contributed by atoms with Crippen molar-refractivity contribution in [2.75, 3.05) is 32.2 Å². The summed E-state index contributed by atoms with van der Waals surface area (Å²) in [5.74, 6) is 0.634. The minimum Gasteiger partial charge on any atom is -0.380 e. The average molecular weight is 278 g/mol. The molecule has 1 unspecified atom stereocenters. The predicted molar refractivity (Wildman–Crippen MR) is 72.0 cm³/mol. The van der Waals surface area contributed by atoms with Crippen molar-refractivity contribution in [2.24, 2.45) is 0 Å². The molecule has 1 N–H and O–H groups in total. The smallest absolute Gasteiger partial charge is 0.220 e. The molecule has 1 aliphatic rings. The van der Waals surface area contributed by atoms with Gasteiger partial charge in [-0.25, -0.2) is 0 Å². The van der Waals surface area contributed by atoms with Gasteiger partial charge in [0, 0.05) is 32.1 Å². The molecular weight excluding hydrogens is 254 g/mol. The number of rotatable bonds is 9. The van der Waals surface area contributed by atoms with Crippen LogP contribution in [0.25, 0.3) is 0 Å². The van der Waals surface area contributed by atoms with E-state index in [0.717, 1.165) is 32.3 Å². The number of hydrogen-bond acceptors (Lipinski definition) is 3. The van der Waals surface area contributed by atoms with E-state index in [9.17, 15) is 4.79 Å². The molecule has 5 heteroatoms. The van der Waals surface area contributed by atoms with Crippen LogP contribution in [0.4, 0.5) is 0 Å². The van der Waals surface area contributed by atoms with Gasteiger partial charge < -0.3 is 14.8 Å². The molecule has 18 heavy (non-hydrogen) atoms. The van der Waals surface area contributed by atoms with E-state index >= 15 is 0 Å². The van der Waals surface area contributed by atoms with Crippen molar-refractivity contribution in [3.05, 3.63) is 0 Å². The van der Waals surface area contributed by atoms with E-state index in [4.69, 9.17) is 21.1 Å². The van der Waals surface area contributed by atoms with E-state index in [-0.39, 0.29) is 12.0 Å². The van der Waals surface area contributed by atoms with Crippen molar-refractivity contribution in [2.45, 2.75) is 44.6 Å². The lowest BCUT2D eigenvalue weighted by molar-refractivity contribution is -0.122. The van der Waals surface area contributed by atoms with Crippen LogP contribution in [0.1, 0.15) is 38.5 Å². The van der Waals surface area contributed by atoms with E-state index in [2.05, 4.69) is 5.32 Å². The summed E-state index contributed by atoms with van der Waals surface area (Å²) in [6.07, 6.45) is 6.01. The topological polar surface area (TPSA) is 47.6 Å². The third kappa shape index (κ3) is 7.90. The number of hydrogen-bond donors (Lipinski definition) is 1. The second-order valence-corrected chi connectivity index (χ2v) is 4.91. The number of nitrogens with one attached hydrogen (secondary N) is 1. The monoisotopic (exact) mass is 277 g/mol. The first-order valence-corrected chi connectivity index (χ1v) is 7.38. The van der Waals surface area contributed by atoms with Gasteiger partial charge in [-0.3, -0.25) is 4.79 Å². The van der Waals surface area contributed by atoms with Crippen LogP contribution in [-0.2, 0) is 14.3 Å². The molecule has 0 radical (unpaired) electrons. The number of carbonyl (C=O) groups excluding carboxylic acids is 1. The average Bonchev–Trinajstić information content (AvgIpc) is 2.41. The molecule has 0 aromatic heterocycles. The Kier molecular flexibility index (Phi) is 9.26. The highest BCUT2D eigenvalue weighted by molar-refractivity contribution is 6.17. The number of halogens is 1. The highest BCUT2D eigenvalue weighted by Gasteiger charge is 2.14. The summed E-state index contributed by atoms with van der Waals surface area (Å²) in [6.45, 7) is 2.75. The second-order valence-electron chi connectivity index (χ2n) is 4.53. The maximum Gasteiger partial charge on any atom is 0.220 e. The van der Waals surface area contributed by atoms with Gasteiger partial charge in [0.25, 0.3) is 0 Å². The zero-order valence-electron chi connectivity index (χ0n) is 11.0. The van der Waals surface area contributed by atoms with Gasteiger partial charge >= 0.3 is 0 Å². The van der Waals surface area contributed by atoms with Crippen molar-refractivity contribution in [3.63, 3.8) is 0 Å². The van der Waals surface area contributed by atoms with Crippen LogP contribution in [0.3, 0.4) is 0 Å². The third-order valence-corrected chi connectivity index (χ3v) is 3.13. The fraction of sp³-hybridized carbons (Fsp3) is 0.923. The summed E-state index contributed by atoms with van der Waals surface area (Å²) >= 11 is 5.47. The van der Waals surface area contributed by atoms with E-state index in [0.29, 0.717) is 32.1 Å². The lowest BCUT2D eigenvalue weighted by atomic mass is 10.0. The molecule has 1 atom stereocenters. The molecule has 106 valence electrons. The molecule has 1 amide bonds. The third-order valence-electron chi connectivity index (χ3n) is 2.98. The van der Waals surface area contributed by atoms with E-state index in [1.807, 2.05) is 0 Å². The van der Waals surface area contributed by atoms with Crippen LogP contribution in [0, 0.1) is 0 Å². The first-order chi connectivity index (χ1) is 8.83. The summed E-state index contributed by atoms with van der Waals surface area (Å²) in [5, 5.41) is 2.89. The molecule has 0 aliphatic carbocycles. The quantitative estimate of drug-likeness (QED) is 0.519. The highest BCUT2D eigenvalue weighted by Crippen LogP contribution is 2.16. The first kappa shape index (κ1) is 15.7. The Balaban J connectivity index is 1.90. The lowest BCUT2D eigenvalue weighted by Crippen LogP contribution is -2.27. The summed E-state index contributed by atoms with van der Waals surface area (Å²) < 4.78 is 10.8. The summed E-state index contributed by atoms with van der Waals surface area (Å²) in [6, 6.07) is 0. The Morgan fingerprint density at radius 1 is 1.39 bits per heavy atom. The number of amides is 1. The zero-order valence-corrected chi connectivity index (χ0v) is 11.7. The van der Waals surface area contributed by atoms with Gasteiger partial charge in [0.2, 0.25) is 5.91 Å². The SMILES string of the molecule is O=C(CCC1CCCCO1)NCCCOCCCl. The highest BCUT2D eigenvalue weighted by atomic mass is 35.5. The van der Waals surface area contributed by atoms with Gasteiger partial charge in [0.15, 0.2) is 0 Å². The van der Waals surface area contributed by atoms with Gasteiger partial charge in [0.1, 0.15) is 0 Å². The molecular formula is C13H24ClNO3. The normalized spacial score (nSPS) is 19.7. The van der Waals surface area contributed by atoms with Crippen LogP contribution in [-0.4, -0.2) is 44.3 Å². The molecule has 0 spiro atoms. The number of ether oxygens (including phenoxy) is 2. The van der Waals surface area contributed by atoms with Crippen LogP contribution < -0.4 is 5.32 Å². The van der Waals surface area contributed by atoms with Crippen LogP contribution in [0.5, 0.6) is 0 Å². The minimum absolute atomic E-state index is 0.113. The van der Waals surface area contributed by atoms with Gasteiger partial charge in [-0.05, 0) is 32.1 Å². The summed E-state index contributed by atoms with van der Waals surface area (Å²) in [5.41, 5.74) is 0. The van der Waals surface area contributed by atoms with Gasteiger partial charge in [-0.1, -0.05) is 0 Å². The molecule has 0 saturated carbocycles. The summed E-state index contributed by atoms with van der Waals surface area (Å²) in [7, 11) is 0. The van der Waals surface area contributed by atoms with Crippen molar-refractivity contribution in [1.29, 1.82) is 0 Å². The van der Waals surface area contributed by atoms with Crippen molar-refractivity contribution >= 4 is 17.5 Å². The maximum absolute atomic E-state index is 11.5. The van der Waals surface area contributed by atoms with Crippen LogP contribution in [0.15, 0.2) is 0 Å². The maximum atomic E-state index is 11.5.